The maximum atomic E-state index is 12.9. The summed E-state index contributed by atoms with van der Waals surface area (Å²) in [6.07, 6.45) is 1.82. The lowest BCUT2D eigenvalue weighted by molar-refractivity contribution is -0.117. The van der Waals surface area contributed by atoms with Crippen LogP contribution in [-0.4, -0.2) is 59.6 Å². The van der Waals surface area contributed by atoms with Gasteiger partial charge in [0.25, 0.3) is 0 Å². The van der Waals surface area contributed by atoms with E-state index in [0.29, 0.717) is 24.9 Å². The molecular weight excluding hydrogens is 402 g/mol. The van der Waals surface area contributed by atoms with Gasteiger partial charge in [-0.25, -0.2) is 4.79 Å². The van der Waals surface area contributed by atoms with Crippen LogP contribution in [0.4, 0.5) is 10.5 Å². The van der Waals surface area contributed by atoms with Crippen LogP contribution in [0.15, 0.2) is 18.2 Å². The van der Waals surface area contributed by atoms with Gasteiger partial charge < -0.3 is 15.0 Å². The number of ether oxygens (including phenoxy) is 1. The predicted octanol–water partition coefficient (Wildman–Crippen LogP) is 5.41. The highest BCUT2D eigenvalue weighted by atomic mass is 16.6. The zero-order valence-electron chi connectivity index (χ0n) is 21.3. The van der Waals surface area contributed by atoms with Gasteiger partial charge in [-0.05, 0) is 83.9 Å². The topological polar surface area (TPSA) is 61.9 Å². The fourth-order valence-corrected chi connectivity index (χ4v) is 4.26. The number of hydrogen-bond donors (Lipinski definition) is 1. The van der Waals surface area contributed by atoms with Crippen molar-refractivity contribution in [2.45, 2.75) is 85.8 Å². The molecule has 6 heteroatoms. The molecule has 0 radical (unpaired) electrons. The molecule has 1 unspecified atom stereocenters. The Morgan fingerprint density at radius 2 is 1.91 bits per heavy atom. The minimum Gasteiger partial charge on any atom is -0.444 e. The molecule has 1 N–H and O–H groups in total. The smallest absolute Gasteiger partial charge is 0.410 e. The molecule has 0 spiro atoms. The number of likely N-dealkylation sites (tertiary alicyclic amines) is 1. The molecule has 2 amide bonds. The van der Waals surface area contributed by atoms with Crippen LogP contribution in [0.3, 0.4) is 0 Å². The van der Waals surface area contributed by atoms with Crippen LogP contribution in [0.25, 0.3) is 0 Å². The maximum absolute atomic E-state index is 12.9. The molecule has 0 aromatic heterocycles. The molecule has 1 aromatic rings. The lowest BCUT2D eigenvalue weighted by atomic mass is 9.96. The lowest BCUT2D eigenvalue weighted by Gasteiger charge is -2.37. The lowest BCUT2D eigenvalue weighted by Crippen LogP contribution is -2.48. The van der Waals surface area contributed by atoms with Crippen LogP contribution >= 0.6 is 0 Å². The summed E-state index contributed by atoms with van der Waals surface area (Å²) >= 11 is 0. The second kappa shape index (κ2) is 11.2. The van der Waals surface area contributed by atoms with E-state index in [9.17, 15) is 9.59 Å². The molecule has 2 rings (SSSR count). The number of rotatable bonds is 7. The first kappa shape index (κ1) is 26.2. The number of aryl methyl sites for hydroxylation is 1. The van der Waals surface area contributed by atoms with E-state index in [4.69, 9.17) is 4.74 Å². The van der Waals surface area contributed by atoms with Gasteiger partial charge in [0.05, 0.1) is 6.54 Å². The van der Waals surface area contributed by atoms with Crippen LogP contribution < -0.4 is 5.32 Å². The summed E-state index contributed by atoms with van der Waals surface area (Å²) in [6.45, 7) is 18.8. The highest BCUT2D eigenvalue weighted by molar-refractivity contribution is 5.94. The van der Waals surface area contributed by atoms with E-state index in [-0.39, 0.29) is 18.0 Å². The van der Waals surface area contributed by atoms with Crippen LogP contribution in [0.5, 0.6) is 0 Å². The average molecular weight is 446 g/mol. The molecule has 1 heterocycles. The standard InChI is InChI=1S/C26H43N3O3/c1-18(2)22-13-9-11-20(5)24(22)27-23(30)17-28-14-10-12-21(15-28)16-29(19(3)4)25(31)32-26(6,7)8/h9,11,13,18-19,21H,10,12,14-17H2,1-8H3,(H,27,30). The molecule has 0 aliphatic carbocycles. The third-order valence-electron chi connectivity index (χ3n) is 5.87. The SMILES string of the molecule is Cc1cccc(C(C)C)c1NC(=O)CN1CCCC(CN(C(=O)OC(C)(C)C)C(C)C)C1. The van der Waals surface area contributed by atoms with Gasteiger partial charge in [-0.3, -0.25) is 9.69 Å². The molecule has 1 saturated heterocycles. The Bertz CT molecular complexity index is 783. The molecule has 1 fully saturated rings. The minimum absolute atomic E-state index is 0.0229. The Morgan fingerprint density at radius 3 is 2.50 bits per heavy atom. The zero-order valence-corrected chi connectivity index (χ0v) is 21.3. The Morgan fingerprint density at radius 1 is 1.22 bits per heavy atom. The van der Waals surface area contributed by atoms with E-state index in [1.165, 1.54) is 5.56 Å². The first-order valence-electron chi connectivity index (χ1n) is 12.0. The van der Waals surface area contributed by atoms with E-state index < -0.39 is 5.60 Å². The number of piperidine rings is 1. The number of anilines is 1. The third-order valence-corrected chi connectivity index (χ3v) is 5.87. The number of hydrogen-bond acceptors (Lipinski definition) is 4. The van der Waals surface area contributed by atoms with Gasteiger partial charge in [-0.2, -0.15) is 0 Å². The Hall–Kier alpha value is -2.08. The quantitative estimate of drug-likeness (QED) is 0.609. The average Bonchev–Trinajstić information content (AvgIpc) is 2.66. The Kier molecular flexibility index (Phi) is 9.14. The highest BCUT2D eigenvalue weighted by Gasteiger charge is 2.29. The van der Waals surface area contributed by atoms with Crippen molar-refractivity contribution < 1.29 is 14.3 Å². The molecule has 1 aromatic carbocycles. The minimum atomic E-state index is -0.509. The number of nitrogens with one attached hydrogen (secondary N) is 1. The summed E-state index contributed by atoms with van der Waals surface area (Å²) in [4.78, 5) is 29.6. The normalized spacial score (nSPS) is 17.5. The molecule has 0 bridgehead atoms. The van der Waals surface area contributed by atoms with Crippen molar-refractivity contribution in [1.29, 1.82) is 0 Å². The predicted molar refractivity (Wildman–Crippen MR) is 131 cm³/mol. The van der Waals surface area contributed by atoms with E-state index >= 15 is 0 Å². The van der Waals surface area contributed by atoms with Crippen LogP contribution in [0, 0.1) is 12.8 Å². The molecule has 1 aliphatic heterocycles. The number of amides is 2. The Labute approximate surface area is 194 Å². The van der Waals surface area contributed by atoms with Crippen molar-refractivity contribution in [3.05, 3.63) is 29.3 Å². The Balaban J connectivity index is 1.98. The third kappa shape index (κ3) is 7.80. The van der Waals surface area contributed by atoms with Gasteiger partial charge in [0, 0.05) is 24.8 Å². The van der Waals surface area contributed by atoms with E-state index in [1.807, 2.05) is 58.6 Å². The van der Waals surface area contributed by atoms with Crippen LogP contribution in [0.2, 0.25) is 0 Å². The summed E-state index contributed by atoms with van der Waals surface area (Å²) in [5, 5.41) is 3.16. The summed E-state index contributed by atoms with van der Waals surface area (Å²) in [6, 6.07) is 6.23. The second-order valence-corrected chi connectivity index (χ2v) is 10.7. The van der Waals surface area contributed by atoms with Crippen molar-refractivity contribution in [2.24, 2.45) is 5.92 Å². The van der Waals surface area contributed by atoms with Crippen molar-refractivity contribution in [2.75, 3.05) is 31.5 Å². The first-order chi connectivity index (χ1) is 14.9. The van der Waals surface area contributed by atoms with Crippen molar-refractivity contribution in [3.63, 3.8) is 0 Å². The summed E-state index contributed by atoms with van der Waals surface area (Å²) < 4.78 is 5.61. The molecule has 0 saturated carbocycles. The largest absolute Gasteiger partial charge is 0.444 e. The van der Waals surface area contributed by atoms with E-state index in [0.717, 1.165) is 37.2 Å². The van der Waals surface area contributed by atoms with Gasteiger partial charge in [-0.15, -0.1) is 0 Å². The molecular formula is C26H43N3O3. The number of para-hydroxylation sites is 1. The number of benzene rings is 1. The molecule has 1 atom stereocenters. The van der Waals surface area contributed by atoms with Gasteiger partial charge in [0.1, 0.15) is 5.60 Å². The number of nitrogens with zero attached hydrogens (tertiary/aromatic N) is 2. The number of carbonyl (C=O) groups excluding carboxylic acids is 2. The van der Waals surface area contributed by atoms with Gasteiger partial charge >= 0.3 is 6.09 Å². The van der Waals surface area contributed by atoms with Crippen LogP contribution in [-0.2, 0) is 9.53 Å². The number of carbonyl (C=O) groups is 2. The maximum Gasteiger partial charge on any atom is 0.410 e. The van der Waals surface area contributed by atoms with E-state index in [2.05, 4.69) is 30.1 Å². The van der Waals surface area contributed by atoms with Gasteiger partial charge in [0.2, 0.25) is 5.91 Å². The summed E-state index contributed by atoms with van der Waals surface area (Å²) in [5.74, 6) is 0.699. The molecule has 6 nitrogen and oxygen atoms in total. The summed E-state index contributed by atoms with van der Waals surface area (Å²) in [7, 11) is 0. The first-order valence-corrected chi connectivity index (χ1v) is 12.0. The van der Waals surface area contributed by atoms with Crippen molar-refractivity contribution >= 4 is 17.7 Å². The van der Waals surface area contributed by atoms with E-state index in [1.54, 1.807) is 0 Å². The zero-order chi connectivity index (χ0) is 24.1. The fourth-order valence-electron chi connectivity index (χ4n) is 4.26. The highest BCUT2D eigenvalue weighted by Crippen LogP contribution is 2.27. The van der Waals surface area contributed by atoms with Gasteiger partial charge in [-0.1, -0.05) is 32.0 Å². The van der Waals surface area contributed by atoms with Crippen LogP contribution in [0.1, 0.15) is 78.4 Å². The second-order valence-electron chi connectivity index (χ2n) is 10.7. The van der Waals surface area contributed by atoms with Crippen molar-refractivity contribution in [3.8, 4) is 0 Å². The monoisotopic (exact) mass is 445 g/mol. The summed E-state index contributed by atoms with van der Waals surface area (Å²) in [5.41, 5.74) is 2.69. The molecule has 32 heavy (non-hydrogen) atoms. The molecule has 1 aliphatic rings. The molecule has 180 valence electrons. The van der Waals surface area contributed by atoms with Crippen molar-refractivity contribution in [1.82, 2.24) is 9.80 Å². The fraction of sp³-hybridized carbons (Fsp3) is 0.692. The van der Waals surface area contributed by atoms with Gasteiger partial charge in [0.15, 0.2) is 0 Å².